The van der Waals surface area contributed by atoms with Crippen molar-refractivity contribution < 1.29 is 27.6 Å². The third-order valence-corrected chi connectivity index (χ3v) is 37.4. The van der Waals surface area contributed by atoms with E-state index in [9.17, 15) is 0 Å². The molecule has 14 aromatic carbocycles. The van der Waals surface area contributed by atoms with E-state index in [1.54, 1.807) is 0 Å². The van der Waals surface area contributed by atoms with Gasteiger partial charge in [0, 0.05) is 126 Å². The van der Waals surface area contributed by atoms with Crippen LogP contribution in [-0.2, 0) is 0 Å². The Morgan fingerprint density at radius 2 is 0.620 bits per heavy atom. The number of nitrogens with one attached hydrogen (secondary N) is 2. The van der Waals surface area contributed by atoms with E-state index in [4.69, 9.17) is 33.7 Å². The lowest BCUT2D eigenvalue weighted by molar-refractivity contribution is -0.381. The van der Waals surface area contributed by atoms with E-state index in [1.807, 2.05) is 6.07 Å². The van der Waals surface area contributed by atoms with E-state index >= 15 is 0 Å². The maximum Gasteiger partial charge on any atom is 0.200 e. The van der Waals surface area contributed by atoms with Gasteiger partial charge in [0.05, 0.1) is 67.2 Å². The Morgan fingerprint density at radius 1 is 0.310 bits per heavy atom. The van der Waals surface area contributed by atoms with Gasteiger partial charge in [0.25, 0.3) is 0 Å². The number of hydrogen-bond donors (Lipinski definition) is 2. The molecular weight excluding hydrogens is 1660 g/mol. The average Bonchev–Trinajstić information content (AvgIpc) is 1.62. The number of benzene rings is 14. The molecule has 1 unspecified atom stereocenters. The predicted octanol–water partition coefficient (Wildman–Crippen LogP) is 25.7. The molecule has 19 rings (SSSR count). The number of rotatable bonds is 30. The second-order valence-corrected chi connectivity index (χ2v) is 43.6. The minimum atomic E-state index is -2.57. The van der Waals surface area contributed by atoms with Crippen LogP contribution in [-0.4, -0.2) is 93.8 Å². The number of nitrogens with zero attached hydrogens (tertiary/aromatic N) is 5. The highest BCUT2D eigenvalue weighted by Crippen LogP contribution is 2.53. The smallest absolute Gasteiger partial charge is 0.200 e. The molecule has 2 aliphatic heterocycles. The molecule has 17 aromatic rings. The SMILES string of the molecule is C[N+](c1ccccc1)=P(CCOc1ccccc1-c1c2nc(c(-c3ccccc3OCCP(c3ccccc3)c3ccccc3)c3ccc([nH]3)c(-c3ccccc3OCC/[PH](c3ccccc3)=[N+](/C)c3ccccc3)c3nc(c(-c4ccccc4OCCP(=Nc4ccccc4)(c4ccccc4)c4ccccc4)c4ccc1[nH]4)C=C3)C=C2)(c1ccccc1)c1ccccc1. The zero-order chi connectivity index (χ0) is 87.0. The summed E-state index contributed by atoms with van der Waals surface area (Å²) in [5.41, 5.74) is 16.3. The number of aromatic nitrogens is 4. The fourth-order valence-electron chi connectivity index (χ4n) is 17.9. The van der Waals surface area contributed by atoms with Gasteiger partial charge in [-0.2, -0.15) is 0 Å². The van der Waals surface area contributed by atoms with Crippen LogP contribution >= 0.6 is 29.7 Å². The molecule has 11 nitrogen and oxygen atoms in total. The van der Waals surface area contributed by atoms with E-state index in [1.165, 1.54) is 42.8 Å². The Balaban J connectivity index is 0.818. The lowest BCUT2D eigenvalue weighted by Crippen LogP contribution is -2.27. The average molecular weight is 1750 g/mol. The molecule has 0 radical (unpaired) electrons. The fraction of sp³-hybridized carbons (Fsp3) is 0.0877. The van der Waals surface area contributed by atoms with Crippen molar-refractivity contribution in [3.8, 4) is 67.5 Å². The van der Waals surface area contributed by atoms with Gasteiger partial charge in [-0.25, -0.2) is 18.6 Å². The standard InChI is InChI=1S/C114H99N7O4P4/c1-120(86-43-15-4-16-44-86)127(90-51-23-8-24-52-90)82-78-123-108-66-38-34-62-96(108)112-101-70-69-99(115-101)111(95-61-33-37-65-107(95)122-77-81-126(88-47-19-6-20-48-88)89-49-21-7-22-50-89)100-71-74-105(116-100)114(98-64-36-40-68-110(98)125-80-84-129(93-57-29-11-30-58-93,94-59-31-12-32-60-94)121(2)87-45-17-5-18-46-87)106-76-75-104(118-106)113(103-73-72-102(112)117-103)97-63-35-39-67-109(97)124-79-83-128(91-53-25-9-26-54-91,92-55-27-10-28-56-92)119-85-41-13-3-14-42-85/h3-76,115,118,127H,77-84H2,1-2H3/q+2. The van der Waals surface area contributed by atoms with Gasteiger partial charge in [0.2, 0.25) is 5.69 Å². The molecule has 129 heavy (non-hydrogen) atoms. The van der Waals surface area contributed by atoms with E-state index < -0.39 is 29.7 Å². The highest BCUT2D eigenvalue weighted by molar-refractivity contribution is 7.81. The Bertz CT molecular complexity index is 7080. The lowest BCUT2D eigenvalue weighted by atomic mass is 10.0. The molecule has 2 N–H and O–H groups in total. The monoisotopic (exact) mass is 1750 g/mol. The van der Waals surface area contributed by atoms with Gasteiger partial charge in [0.1, 0.15) is 44.8 Å². The van der Waals surface area contributed by atoms with Gasteiger partial charge in [-0.3, -0.25) is 4.74 Å². The molecular formula is C114H99N7O4P4+2. The summed E-state index contributed by atoms with van der Waals surface area (Å²) in [7, 11) is -2.70. The third kappa shape index (κ3) is 18.4. The minimum absolute atomic E-state index is 0.343. The number of aromatic amines is 2. The maximum absolute atomic E-state index is 7.52. The van der Waals surface area contributed by atoms with E-state index in [2.05, 4.69) is 476 Å². The summed E-state index contributed by atoms with van der Waals surface area (Å²) in [5, 5.41) is 8.76. The van der Waals surface area contributed by atoms with Gasteiger partial charge in [-0.05, 0) is 151 Å². The first-order valence-corrected chi connectivity index (χ1v) is 51.0. The molecule has 5 heterocycles. The van der Waals surface area contributed by atoms with Crippen LogP contribution in [0.5, 0.6) is 23.0 Å². The summed E-state index contributed by atoms with van der Waals surface area (Å²) >= 11 is 0. The summed E-state index contributed by atoms with van der Waals surface area (Å²) in [6.07, 6.45) is 11.5. The van der Waals surface area contributed by atoms with Crippen LogP contribution in [0.1, 0.15) is 22.8 Å². The van der Waals surface area contributed by atoms with Crippen LogP contribution in [0.3, 0.4) is 0 Å². The van der Waals surface area contributed by atoms with Crippen LogP contribution in [0, 0.1) is 0 Å². The van der Waals surface area contributed by atoms with Crippen molar-refractivity contribution in [2.24, 2.45) is 4.74 Å². The van der Waals surface area contributed by atoms with Gasteiger partial charge in [-0.15, -0.1) is 0 Å². The number of ether oxygens (including phenoxy) is 4. The number of para-hydroxylation sites is 6. The molecule has 0 saturated heterocycles. The highest BCUT2D eigenvalue weighted by atomic mass is 31.2. The minimum Gasteiger partial charge on any atom is -0.493 e. The molecule has 0 spiro atoms. The van der Waals surface area contributed by atoms with Crippen molar-refractivity contribution in [2.45, 2.75) is 0 Å². The number of fused-ring (bicyclic) bond motifs is 8. The topological polar surface area (TPSA) is 113 Å². The Hall–Kier alpha value is -14.0. The van der Waals surface area contributed by atoms with Gasteiger partial charge in [-0.1, -0.05) is 303 Å². The van der Waals surface area contributed by atoms with Gasteiger partial charge >= 0.3 is 0 Å². The van der Waals surface area contributed by atoms with Crippen molar-refractivity contribution >= 4 is 130 Å². The zero-order valence-corrected chi connectivity index (χ0v) is 75.8. The van der Waals surface area contributed by atoms with E-state index in [0.717, 1.165) is 125 Å². The largest absolute Gasteiger partial charge is 0.493 e. The molecule has 8 bridgehead atoms. The fourth-order valence-corrected chi connectivity index (χ4v) is 29.8. The normalized spacial score (nSPS) is 12.2. The van der Waals surface area contributed by atoms with E-state index in [-0.39, 0.29) is 0 Å². The van der Waals surface area contributed by atoms with Crippen molar-refractivity contribution in [3.05, 3.63) is 447 Å². The van der Waals surface area contributed by atoms with Crippen molar-refractivity contribution in [2.75, 3.05) is 65.2 Å². The second-order valence-electron chi connectivity index (χ2n) is 31.8. The van der Waals surface area contributed by atoms with Gasteiger partial charge < -0.3 is 28.9 Å². The summed E-state index contributed by atoms with van der Waals surface area (Å²) in [6, 6.07) is 151. The molecule has 15 heteroatoms. The van der Waals surface area contributed by atoms with Gasteiger partial charge in [0.15, 0.2) is 12.7 Å². The van der Waals surface area contributed by atoms with Crippen LogP contribution < -0.4 is 56.1 Å². The summed E-state index contributed by atoms with van der Waals surface area (Å²) < 4.78 is 40.3. The first kappa shape index (κ1) is 84.5. The van der Waals surface area contributed by atoms with Crippen LogP contribution in [0.15, 0.2) is 429 Å². The van der Waals surface area contributed by atoms with Crippen LogP contribution in [0.4, 0.5) is 17.1 Å². The summed E-state index contributed by atoms with van der Waals surface area (Å²) in [5.74, 6) is 2.88. The van der Waals surface area contributed by atoms with E-state index in [0.29, 0.717) is 50.3 Å². The van der Waals surface area contributed by atoms with Crippen LogP contribution in [0.2, 0.25) is 0 Å². The third-order valence-electron chi connectivity index (χ3n) is 24.1. The lowest BCUT2D eigenvalue weighted by Gasteiger charge is -2.26. The van der Waals surface area contributed by atoms with Crippen LogP contribution in [0.25, 0.3) is 90.9 Å². The Morgan fingerprint density at radius 3 is 1.02 bits per heavy atom. The molecule has 3 aromatic heterocycles. The molecule has 0 aliphatic carbocycles. The number of hydrogen-bond acceptors (Lipinski definition) is 7. The maximum atomic E-state index is 7.52. The first-order chi connectivity index (χ1) is 63.8. The molecule has 1 atom stereocenters. The quantitative estimate of drug-likeness (QED) is 0.0434. The Labute approximate surface area is 757 Å². The molecule has 0 fully saturated rings. The van der Waals surface area contributed by atoms with Crippen molar-refractivity contribution in [1.29, 1.82) is 0 Å². The van der Waals surface area contributed by atoms with Crippen molar-refractivity contribution in [3.63, 3.8) is 0 Å². The number of H-pyrrole nitrogens is 2. The Kier molecular flexibility index (Phi) is 26.1. The molecule has 0 amide bonds. The zero-order valence-electron chi connectivity index (χ0n) is 72.1. The molecule has 0 saturated carbocycles. The second kappa shape index (κ2) is 39.9. The summed E-state index contributed by atoms with van der Waals surface area (Å²) in [6.45, 7) is 1.64. The predicted molar refractivity (Wildman–Crippen MR) is 547 cm³/mol. The highest BCUT2D eigenvalue weighted by Gasteiger charge is 2.36. The molecule has 2 aliphatic rings. The first-order valence-electron chi connectivity index (χ1n) is 44.0. The summed E-state index contributed by atoms with van der Waals surface area (Å²) in [4.78, 5) is 20.2. The molecule has 632 valence electrons. The van der Waals surface area contributed by atoms with Crippen molar-refractivity contribution in [1.82, 2.24) is 19.9 Å².